The van der Waals surface area contributed by atoms with Crippen LogP contribution in [0, 0.1) is 6.92 Å². The number of aliphatic hydroxyl groups is 1. The van der Waals surface area contributed by atoms with Gasteiger partial charge < -0.3 is 10.4 Å². The largest absolute Gasteiger partial charge is 0.395 e. The van der Waals surface area contributed by atoms with E-state index in [2.05, 4.69) is 41.4 Å². The van der Waals surface area contributed by atoms with Gasteiger partial charge in [0.25, 0.3) is 0 Å². The molecule has 1 aliphatic rings. The van der Waals surface area contributed by atoms with E-state index in [1.54, 1.807) is 0 Å². The summed E-state index contributed by atoms with van der Waals surface area (Å²) in [5.74, 6) is 0. The van der Waals surface area contributed by atoms with Crippen LogP contribution in [0.25, 0.3) is 0 Å². The Morgan fingerprint density at radius 2 is 2.33 bits per heavy atom. The van der Waals surface area contributed by atoms with Gasteiger partial charge in [-0.1, -0.05) is 29.8 Å². The van der Waals surface area contributed by atoms with Crippen molar-refractivity contribution in [2.24, 2.45) is 0 Å². The molecule has 1 saturated heterocycles. The minimum Gasteiger partial charge on any atom is -0.395 e. The van der Waals surface area contributed by atoms with E-state index in [0.717, 1.165) is 26.2 Å². The van der Waals surface area contributed by atoms with Crippen LogP contribution in [0.4, 0.5) is 0 Å². The van der Waals surface area contributed by atoms with Crippen molar-refractivity contribution in [3.8, 4) is 0 Å². The summed E-state index contributed by atoms with van der Waals surface area (Å²) in [6.45, 7) is 6.22. The molecule has 18 heavy (non-hydrogen) atoms. The van der Waals surface area contributed by atoms with E-state index in [1.807, 2.05) is 0 Å². The molecule has 3 heteroatoms. The Kier molecular flexibility index (Phi) is 5.17. The molecule has 0 spiro atoms. The number of hydrogen-bond acceptors (Lipinski definition) is 3. The summed E-state index contributed by atoms with van der Waals surface area (Å²) in [5.41, 5.74) is 2.64. The van der Waals surface area contributed by atoms with Gasteiger partial charge in [-0.3, -0.25) is 4.90 Å². The van der Waals surface area contributed by atoms with E-state index in [0.29, 0.717) is 6.04 Å². The molecule has 1 aromatic carbocycles. The molecule has 1 heterocycles. The average Bonchev–Trinajstić information content (AvgIpc) is 2.82. The van der Waals surface area contributed by atoms with E-state index in [4.69, 9.17) is 0 Å². The van der Waals surface area contributed by atoms with Gasteiger partial charge in [0.1, 0.15) is 0 Å². The SMILES string of the molecule is Cc1cccc(CN(CCO)CC2CCCN2)c1. The molecule has 0 bridgehead atoms. The molecule has 1 atom stereocenters. The summed E-state index contributed by atoms with van der Waals surface area (Å²) >= 11 is 0. The summed E-state index contributed by atoms with van der Waals surface area (Å²) in [6, 6.07) is 9.22. The summed E-state index contributed by atoms with van der Waals surface area (Å²) in [6.07, 6.45) is 2.54. The van der Waals surface area contributed by atoms with Gasteiger partial charge in [0.2, 0.25) is 0 Å². The van der Waals surface area contributed by atoms with E-state index in [9.17, 15) is 5.11 Å². The van der Waals surface area contributed by atoms with Gasteiger partial charge in [0.15, 0.2) is 0 Å². The maximum Gasteiger partial charge on any atom is 0.0558 e. The Hall–Kier alpha value is -0.900. The number of nitrogens with one attached hydrogen (secondary N) is 1. The lowest BCUT2D eigenvalue weighted by Gasteiger charge is -2.25. The van der Waals surface area contributed by atoms with Crippen molar-refractivity contribution < 1.29 is 5.11 Å². The number of aryl methyl sites for hydroxylation is 1. The molecular weight excluding hydrogens is 224 g/mol. The van der Waals surface area contributed by atoms with Gasteiger partial charge in [-0.05, 0) is 31.9 Å². The summed E-state index contributed by atoms with van der Waals surface area (Å²) in [4.78, 5) is 2.34. The molecule has 3 nitrogen and oxygen atoms in total. The van der Waals surface area contributed by atoms with Gasteiger partial charge in [-0.25, -0.2) is 0 Å². The maximum absolute atomic E-state index is 9.18. The number of rotatable bonds is 6. The second-order valence-corrected chi connectivity index (χ2v) is 5.24. The quantitative estimate of drug-likeness (QED) is 0.801. The van der Waals surface area contributed by atoms with Crippen molar-refractivity contribution in [3.63, 3.8) is 0 Å². The normalized spacial score (nSPS) is 19.6. The Labute approximate surface area is 110 Å². The molecule has 0 aromatic heterocycles. The van der Waals surface area contributed by atoms with Crippen molar-refractivity contribution in [3.05, 3.63) is 35.4 Å². The van der Waals surface area contributed by atoms with Crippen LogP contribution in [0.3, 0.4) is 0 Å². The van der Waals surface area contributed by atoms with Gasteiger partial charge >= 0.3 is 0 Å². The van der Waals surface area contributed by atoms with Crippen molar-refractivity contribution in [2.75, 3.05) is 26.2 Å². The Morgan fingerprint density at radius 3 is 3.00 bits per heavy atom. The number of benzene rings is 1. The number of hydrogen-bond donors (Lipinski definition) is 2. The lowest BCUT2D eigenvalue weighted by atomic mass is 10.1. The predicted octanol–water partition coefficient (Wildman–Crippen LogP) is 1.54. The molecule has 1 fully saturated rings. The average molecular weight is 248 g/mol. The zero-order chi connectivity index (χ0) is 12.8. The molecule has 2 rings (SSSR count). The third kappa shape index (κ3) is 4.09. The van der Waals surface area contributed by atoms with E-state index < -0.39 is 0 Å². The van der Waals surface area contributed by atoms with Gasteiger partial charge in [0, 0.05) is 25.7 Å². The first kappa shape index (κ1) is 13.5. The zero-order valence-corrected chi connectivity index (χ0v) is 11.2. The first-order valence-corrected chi connectivity index (χ1v) is 6.90. The summed E-state index contributed by atoms with van der Waals surface area (Å²) in [5, 5.41) is 12.7. The number of nitrogens with zero attached hydrogens (tertiary/aromatic N) is 1. The highest BCUT2D eigenvalue weighted by molar-refractivity contribution is 5.22. The molecule has 1 aliphatic heterocycles. The highest BCUT2D eigenvalue weighted by atomic mass is 16.3. The first-order valence-electron chi connectivity index (χ1n) is 6.90. The fourth-order valence-electron chi connectivity index (χ4n) is 2.67. The third-order valence-electron chi connectivity index (χ3n) is 3.55. The molecule has 0 aliphatic carbocycles. The summed E-state index contributed by atoms with van der Waals surface area (Å²) in [7, 11) is 0. The standard InChI is InChI=1S/C15H24N2O/c1-13-4-2-5-14(10-13)11-17(8-9-18)12-15-6-3-7-16-15/h2,4-5,10,15-16,18H,3,6-9,11-12H2,1H3. The second-order valence-electron chi connectivity index (χ2n) is 5.24. The van der Waals surface area contributed by atoms with Crippen LogP contribution in [-0.2, 0) is 6.54 Å². The van der Waals surface area contributed by atoms with Crippen LogP contribution in [0.15, 0.2) is 24.3 Å². The second kappa shape index (κ2) is 6.88. The maximum atomic E-state index is 9.18. The van der Waals surface area contributed by atoms with E-state index >= 15 is 0 Å². The molecular formula is C15H24N2O. The lowest BCUT2D eigenvalue weighted by Crippen LogP contribution is -2.38. The molecule has 1 aromatic rings. The zero-order valence-electron chi connectivity index (χ0n) is 11.2. The van der Waals surface area contributed by atoms with Crippen molar-refractivity contribution in [1.82, 2.24) is 10.2 Å². The molecule has 0 radical (unpaired) electrons. The minimum absolute atomic E-state index is 0.235. The number of aliphatic hydroxyl groups excluding tert-OH is 1. The Bertz CT molecular complexity index is 361. The smallest absolute Gasteiger partial charge is 0.0558 e. The molecule has 0 saturated carbocycles. The van der Waals surface area contributed by atoms with Crippen molar-refractivity contribution in [1.29, 1.82) is 0 Å². The van der Waals surface area contributed by atoms with Crippen LogP contribution in [0.1, 0.15) is 24.0 Å². The van der Waals surface area contributed by atoms with Gasteiger partial charge in [0.05, 0.1) is 6.61 Å². The van der Waals surface area contributed by atoms with Crippen LogP contribution in [0.5, 0.6) is 0 Å². The first-order chi connectivity index (χ1) is 8.78. The molecule has 1 unspecified atom stereocenters. The summed E-state index contributed by atoms with van der Waals surface area (Å²) < 4.78 is 0. The topological polar surface area (TPSA) is 35.5 Å². The van der Waals surface area contributed by atoms with Gasteiger partial charge in [-0.15, -0.1) is 0 Å². The third-order valence-corrected chi connectivity index (χ3v) is 3.55. The molecule has 100 valence electrons. The van der Waals surface area contributed by atoms with Crippen molar-refractivity contribution >= 4 is 0 Å². The molecule has 2 N–H and O–H groups in total. The lowest BCUT2D eigenvalue weighted by molar-refractivity contribution is 0.179. The van der Waals surface area contributed by atoms with Crippen LogP contribution in [-0.4, -0.2) is 42.3 Å². The van der Waals surface area contributed by atoms with Crippen LogP contribution >= 0.6 is 0 Å². The monoisotopic (exact) mass is 248 g/mol. The Morgan fingerprint density at radius 1 is 1.44 bits per heavy atom. The van der Waals surface area contributed by atoms with E-state index in [-0.39, 0.29) is 6.61 Å². The van der Waals surface area contributed by atoms with Crippen molar-refractivity contribution in [2.45, 2.75) is 32.4 Å². The predicted molar refractivity (Wildman–Crippen MR) is 74.6 cm³/mol. The fraction of sp³-hybridized carbons (Fsp3) is 0.600. The minimum atomic E-state index is 0.235. The molecule has 0 amide bonds. The van der Waals surface area contributed by atoms with Crippen LogP contribution < -0.4 is 5.32 Å². The fourth-order valence-corrected chi connectivity index (χ4v) is 2.67. The Balaban J connectivity index is 1.92. The highest BCUT2D eigenvalue weighted by Crippen LogP contribution is 2.11. The van der Waals surface area contributed by atoms with E-state index in [1.165, 1.54) is 24.0 Å². The highest BCUT2D eigenvalue weighted by Gasteiger charge is 2.17. The van der Waals surface area contributed by atoms with Crippen LogP contribution in [0.2, 0.25) is 0 Å². The van der Waals surface area contributed by atoms with Gasteiger partial charge in [-0.2, -0.15) is 0 Å².